The Hall–Kier alpha value is -1.51. The van der Waals surface area contributed by atoms with Gasteiger partial charge in [0.15, 0.2) is 0 Å². The molecule has 0 unspecified atom stereocenters. The second-order valence-corrected chi connectivity index (χ2v) is 4.92. The maximum absolute atomic E-state index is 12.0. The summed E-state index contributed by atoms with van der Waals surface area (Å²) in [7, 11) is 0. The molecule has 0 bridgehead atoms. The summed E-state index contributed by atoms with van der Waals surface area (Å²) in [6, 6.07) is 5.94. The molecule has 1 heterocycles. The van der Waals surface area contributed by atoms with Crippen molar-refractivity contribution in [1.29, 1.82) is 0 Å². The molecule has 1 aliphatic heterocycles. The molecule has 1 aliphatic carbocycles. The molecule has 0 atom stereocenters. The lowest BCUT2D eigenvalue weighted by Gasteiger charge is -2.37. The van der Waals surface area contributed by atoms with Crippen LogP contribution in [0.25, 0.3) is 0 Å². The van der Waals surface area contributed by atoms with Crippen molar-refractivity contribution in [2.75, 3.05) is 5.32 Å². The fourth-order valence-corrected chi connectivity index (χ4v) is 2.76. The highest BCUT2D eigenvalue weighted by atomic mass is 16.2. The predicted molar refractivity (Wildman–Crippen MR) is 63.5 cm³/mol. The summed E-state index contributed by atoms with van der Waals surface area (Å²) in [6.45, 7) is 2.05. The zero-order valence-electron chi connectivity index (χ0n) is 9.47. The molecule has 0 aromatic heterocycles. The Morgan fingerprint density at radius 3 is 2.69 bits per heavy atom. The Bertz CT molecular complexity index is 447. The number of carbonyl (C=O) groups excluding carboxylic acids is 1. The second-order valence-electron chi connectivity index (χ2n) is 4.92. The molecule has 16 heavy (non-hydrogen) atoms. The first-order chi connectivity index (χ1) is 7.69. The van der Waals surface area contributed by atoms with Crippen LogP contribution in [0.15, 0.2) is 18.2 Å². The zero-order chi connectivity index (χ0) is 11.2. The van der Waals surface area contributed by atoms with E-state index in [0.29, 0.717) is 0 Å². The van der Waals surface area contributed by atoms with Gasteiger partial charge in [-0.2, -0.15) is 0 Å². The van der Waals surface area contributed by atoms with Gasteiger partial charge < -0.3 is 10.6 Å². The molecule has 1 saturated carbocycles. The SMILES string of the molecule is Cc1ccc2c(c1)NC1(CCCC1)NC2=O. The summed E-state index contributed by atoms with van der Waals surface area (Å²) in [4.78, 5) is 12.0. The molecule has 1 amide bonds. The van der Waals surface area contributed by atoms with Gasteiger partial charge in [0.2, 0.25) is 0 Å². The van der Waals surface area contributed by atoms with Crippen LogP contribution in [0.4, 0.5) is 5.69 Å². The van der Waals surface area contributed by atoms with Crippen molar-refractivity contribution in [3.05, 3.63) is 29.3 Å². The van der Waals surface area contributed by atoms with Crippen molar-refractivity contribution in [2.45, 2.75) is 38.3 Å². The number of carbonyl (C=O) groups is 1. The molecule has 3 heteroatoms. The van der Waals surface area contributed by atoms with Crippen molar-refractivity contribution in [2.24, 2.45) is 0 Å². The van der Waals surface area contributed by atoms with Crippen LogP contribution in [-0.4, -0.2) is 11.6 Å². The minimum absolute atomic E-state index is 0.0654. The van der Waals surface area contributed by atoms with Crippen LogP contribution in [0.3, 0.4) is 0 Å². The number of hydrogen-bond acceptors (Lipinski definition) is 2. The van der Waals surface area contributed by atoms with Crippen LogP contribution in [0, 0.1) is 6.92 Å². The van der Waals surface area contributed by atoms with Gasteiger partial charge in [0.25, 0.3) is 5.91 Å². The van der Waals surface area contributed by atoms with E-state index >= 15 is 0 Å². The largest absolute Gasteiger partial charge is 0.362 e. The number of amides is 1. The molecule has 2 N–H and O–H groups in total. The fourth-order valence-electron chi connectivity index (χ4n) is 2.76. The van der Waals surface area contributed by atoms with Crippen molar-refractivity contribution in [3.8, 4) is 0 Å². The number of hydrogen-bond donors (Lipinski definition) is 2. The first-order valence-electron chi connectivity index (χ1n) is 5.90. The van der Waals surface area contributed by atoms with Gasteiger partial charge >= 0.3 is 0 Å². The minimum atomic E-state index is -0.169. The van der Waals surface area contributed by atoms with E-state index in [1.165, 1.54) is 18.4 Å². The van der Waals surface area contributed by atoms with Gasteiger partial charge in [-0.1, -0.05) is 6.07 Å². The van der Waals surface area contributed by atoms with Gasteiger partial charge in [0.1, 0.15) is 5.66 Å². The lowest BCUT2D eigenvalue weighted by atomic mass is 9.99. The van der Waals surface area contributed by atoms with Crippen molar-refractivity contribution < 1.29 is 4.79 Å². The Kier molecular flexibility index (Phi) is 1.96. The van der Waals surface area contributed by atoms with E-state index in [1.54, 1.807) is 0 Å². The third kappa shape index (κ3) is 1.39. The molecule has 3 rings (SSSR count). The number of fused-ring (bicyclic) bond motifs is 1. The van der Waals surface area contributed by atoms with E-state index in [1.807, 2.05) is 12.1 Å². The number of benzene rings is 1. The van der Waals surface area contributed by atoms with Gasteiger partial charge in [-0.3, -0.25) is 4.79 Å². The topological polar surface area (TPSA) is 41.1 Å². The maximum atomic E-state index is 12.0. The number of nitrogens with one attached hydrogen (secondary N) is 2. The Balaban J connectivity index is 2.03. The molecule has 2 aliphatic rings. The zero-order valence-corrected chi connectivity index (χ0v) is 9.47. The van der Waals surface area contributed by atoms with Crippen LogP contribution in [0.2, 0.25) is 0 Å². The lowest BCUT2D eigenvalue weighted by molar-refractivity contribution is 0.0902. The average molecular weight is 216 g/mol. The predicted octanol–water partition coefficient (Wildman–Crippen LogP) is 2.42. The molecule has 1 aromatic carbocycles. The average Bonchev–Trinajstić information content (AvgIpc) is 2.65. The number of aryl methyl sites for hydroxylation is 1. The molecule has 0 radical (unpaired) electrons. The van der Waals surface area contributed by atoms with E-state index in [-0.39, 0.29) is 11.6 Å². The molecular weight excluding hydrogens is 200 g/mol. The third-order valence-corrected chi connectivity index (χ3v) is 3.60. The summed E-state index contributed by atoms with van der Waals surface area (Å²) in [5, 5.41) is 6.63. The summed E-state index contributed by atoms with van der Waals surface area (Å²) in [6.07, 6.45) is 4.45. The normalized spacial score (nSPS) is 21.4. The minimum Gasteiger partial charge on any atom is -0.362 e. The highest BCUT2D eigenvalue weighted by Crippen LogP contribution is 2.35. The lowest BCUT2D eigenvalue weighted by Crippen LogP contribution is -2.55. The number of anilines is 1. The maximum Gasteiger partial charge on any atom is 0.255 e. The first kappa shape index (κ1) is 9.70. The van der Waals surface area contributed by atoms with Crippen LogP contribution in [0.5, 0.6) is 0 Å². The van der Waals surface area contributed by atoms with Crippen molar-refractivity contribution in [1.82, 2.24) is 5.32 Å². The molecule has 1 aromatic rings. The molecular formula is C13H16N2O. The van der Waals surface area contributed by atoms with Gasteiger partial charge in [-0.15, -0.1) is 0 Å². The van der Waals surface area contributed by atoms with Crippen LogP contribution < -0.4 is 10.6 Å². The van der Waals surface area contributed by atoms with E-state index in [2.05, 4.69) is 23.6 Å². The quantitative estimate of drug-likeness (QED) is 0.699. The first-order valence-corrected chi connectivity index (χ1v) is 5.90. The van der Waals surface area contributed by atoms with E-state index < -0.39 is 0 Å². The van der Waals surface area contributed by atoms with E-state index in [9.17, 15) is 4.79 Å². The summed E-state index contributed by atoms with van der Waals surface area (Å²) < 4.78 is 0. The second kappa shape index (κ2) is 3.24. The van der Waals surface area contributed by atoms with Crippen molar-refractivity contribution in [3.63, 3.8) is 0 Å². The monoisotopic (exact) mass is 216 g/mol. The Morgan fingerprint density at radius 1 is 1.19 bits per heavy atom. The third-order valence-electron chi connectivity index (χ3n) is 3.60. The Labute approximate surface area is 95.2 Å². The fraction of sp³-hybridized carbons (Fsp3) is 0.462. The van der Waals surface area contributed by atoms with Crippen LogP contribution >= 0.6 is 0 Å². The van der Waals surface area contributed by atoms with Gasteiger partial charge in [-0.25, -0.2) is 0 Å². The molecule has 0 saturated heterocycles. The Morgan fingerprint density at radius 2 is 1.94 bits per heavy atom. The molecule has 1 fully saturated rings. The van der Waals surface area contributed by atoms with Gasteiger partial charge in [0.05, 0.1) is 5.56 Å². The highest BCUT2D eigenvalue weighted by molar-refractivity contribution is 6.02. The molecule has 3 nitrogen and oxygen atoms in total. The smallest absolute Gasteiger partial charge is 0.255 e. The van der Waals surface area contributed by atoms with Gasteiger partial charge in [-0.05, 0) is 50.3 Å². The van der Waals surface area contributed by atoms with Crippen LogP contribution in [-0.2, 0) is 0 Å². The molecule has 1 spiro atoms. The summed E-state index contributed by atoms with van der Waals surface area (Å²) in [5.74, 6) is 0.0654. The van der Waals surface area contributed by atoms with E-state index in [0.717, 1.165) is 24.1 Å². The van der Waals surface area contributed by atoms with E-state index in [4.69, 9.17) is 0 Å². The summed E-state index contributed by atoms with van der Waals surface area (Å²) >= 11 is 0. The standard InChI is InChI=1S/C13H16N2O/c1-9-4-5-10-11(8-9)14-13(15-12(10)16)6-2-3-7-13/h4-5,8,14H,2-3,6-7H2,1H3,(H,15,16). The summed E-state index contributed by atoms with van der Waals surface area (Å²) in [5.41, 5.74) is 2.78. The van der Waals surface area contributed by atoms with Crippen LogP contribution in [0.1, 0.15) is 41.6 Å². The van der Waals surface area contributed by atoms with Gasteiger partial charge in [0, 0.05) is 5.69 Å². The number of rotatable bonds is 0. The molecule has 84 valence electrons. The highest BCUT2D eigenvalue weighted by Gasteiger charge is 2.39. The van der Waals surface area contributed by atoms with Crippen molar-refractivity contribution >= 4 is 11.6 Å².